The van der Waals surface area contributed by atoms with Crippen molar-refractivity contribution in [3.05, 3.63) is 60.9 Å². The van der Waals surface area contributed by atoms with E-state index in [1.807, 2.05) is 0 Å². The summed E-state index contributed by atoms with van der Waals surface area (Å²) in [5.74, 6) is -1.36. The Hall–Kier alpha value is -1.08. The Morgan fingerprint density at radius 1 is 1.28 bits per heavy atom. The highest BCUT2D eigenvalue weighted by Gasteiger charge is 2.10. The lowest BCUT2D eigenvalue weighted by atomic mass is 10.2. The second kappa shape index (κ2) is 5.27. The van der Waals surface area contributed by atoms with E-state index in [4.69, 9.17) is 0 Å². The first-order valence-electron chi connectivity index (χ1n) is 4.84. The molecule has 0 aliphatic heterocycles. The zero-order chi connectivity index (χ0) is 13.3. The van der Waals surface area contributed by atoms with E-state index in [9.17, 15) is 13.6 Å². The minimum atomic E-state index is -0.706. The summed E-state index contributed by atoms with van der Waals surface area (Å²) in [6.45, 7) is -0.0587. The molecule has 0 amide bonds. The van der Waals surface area contributed by atoms with Crippen LogP contribution in [0.4, 0.5) is 8.78 Å². The predicted octanol–water partition coefficient (Wildman–Crippen LogP) is 3.09. The second-order valence-electron chi connectivity index (χ2n) is 3.51. The summed E-state index contributed by atoms with van der Waals surface area (Å²) in [4.78, 5) is 11.8. The van der Waals surface area contributed by atoms with Crippen molar-refractivity contribution in [3.63, 3.8) is 0 Å². The molecule has 18 heavy (non-hydrogen) atoms. The third-order valence-corrected chi connectivity index (χ3v) is 4.18. The third kappa shape index (κ3) is 2.67. The first kappa shape index (κ1) is 13.4. The Morgan fingerprint density at radius 3 is 2.67 bits per heavy atom. The molecule has 1 aromatic carbocycles. The van der Waals surface area contributed by atoms with Crippen LogP contribution >= 0.6 is 31.9 Å². The standard InChI is InChI=1S/C11H6Br2F2N2O/c12-8-4-16-17(11(18)10(8)13)5-6-1-2-7(14)3-9(6)15/h1-4H,5H2. The number of hydrogen-bond acceptors (Lipinski definition) is 2. The normalized spacial score (nSPS) is 10.7. The van der Waals surface area contributed by atoms with Crippen LogP contribution in [0.15, 0.2) is 38.1 Å². The average Bonchev–Trinajstić information content (AvgIpc) is 2.33. The fraction of sp³-hybridized carbons (Fsp3) is 0.0909. The molecule has 0 saturated heterocycles. The molecule has 1 aromatic heterocycles. The van der Waals surface area contributed by atoms with Gasteiger partial charge < -0.3 is 0 Å². The van der Waals surface area contributed by atoms with Gasteiger partial charge in [-0.25, -0.2) is 13.5 Å². The summed E-state index contributed by atoms with van der Waals surface area (Å²) in [6, 6.07) is 3.19. The molecule has 1 heterocycles. The van der Waals surface area contributed by atoms with Crippen molar-refractivity contribution in [2.24, 2.45) is 0 Å². The van der Waals surface area contributed by atoms with Crippen LogP contribution in [-0.2, 0) is 6.54 Å². The molecule has 0 unspecified atom stereocenters. The number of benzene rings is 1. The van der Waals surface area contributed by atoms with E-state index < -0.39 is 17.2 Å². The first-order valence-corrected chi connectivity index (χ1v) is 6.42. The highest BCUT2D eigenvalue weighted by atomic mass is 79.9. The molecule has 7 heteroatoms. The highest BCUT2D eigenvalue weighted by Crippen LogP contribution is 2.17. The Kier molecular flexibility index (Phi) is 3.91. The minimum Gasteiger partial charge on any atom is -0.266 e. The first-order chi connectivity index (χ1) is 8.49. The van der Waals surface area contributed by atoms with Crippen LogP contribution < -0.4 is 5.56 Å². The molecule has 0 aliphatic rings. The summed E-state index contributed by atoms with van der Waals surface area (Å²) in [5.41, 5.74) is -0.201. The van der Waals surface area contributed by atoms with Gasteiger partial charge in [0, 0.05) is 11.6 Å². The zero-order valence-corrected chi connectivity index (χ0v) is 12.0. The number of hydrogen-bond donors (Lipinski definition) is 0. The summed E-state index contributed by atoms with van der Waals surface area (Å²) in [5, 5.41) is 3.86. The lowest BCUT2D eigenvalue weighted by Crippen LogP contribution is -2.24. The topological polar surface area (TPSA) is 34.9 Å². The van der Waals surface area contributed by atoms with Crippen molar-refractivity contribution in [1.82, 2.24) is 9.78 Å². The number of rotatable bonds is 2. The third-order valence-electron chi connectivity index (χ3n) is 2.28. The molecule has 0 aliphatic carbocycles. The van der Waals surface area contributed by atoms with Crippen LogP contribution in [-0.4, -0.2) is 9.78 Å². The van der Waals surface area contributed by atoms with Gasteiger partial charge in [0.05, 0.1) is 17.2 Å². The molecule has 2 rings (SSSR count). The molecule has 0 atom stereocenters. The lowest BCUT2D eigenvalue weighted by Gasteiger charge is -2.06. The molecular formula is C11H6Br2F2N2O. The van der Waals surface area contributed by atoms with E-state index in [0.717, 1.165) is 16.8 Å². The molecule has 0 radical (unpaired) electrons. The van der Waals surface area contributed by atoms with Crippen LogP contribution in [0.5, 0.6) is 0 Å². The average molecular weight is 380 g/mol. The van der Waals surface area contributed by atoms with Crippen LogP contribution in [0.2, 0.25) is 0 Å². The molecule has 3 nitrogen and oxygen atoms in total. The van der Waals surface area contributed by atoms with Gasteiger partial charge in [-0.2, -0.15) is 5.10 Å². The van der Waals surface area contributed by atoms with Crippen molar-refractivity contribution in [3.8, 4) is 0 Å². The number of halogens is 4. The maximum absolute atomic E-state index is 13.4. The molecule has 0 N–H and O–H groups in total. The minimum absolute atomic E-state index is 0.0587. The van der Waals surface area contributed by atoms with Gasteiger partial charge in [-0.1, -0.05) is 6.07 Å². The van der Waals surface area contributed by atoms with E-state index >= 15 is 0 Å². The SMILES string of the molecule is O=c1c(Br)c(Br)cnn1Cc1ccc(F)cc1F. The lowest BCUT2D eigenvalue weighted by molar-refractivity contribution is 0.550. The van der Waals surface area contributed by atoms with E-state index in [0.29, 0.717) is 8.95 Å². The molecule has 0 bridgehead atoms. The monoisotopic (exact) mass is 378 g/mol. The maximum Gasteiger partial charge on any atom is 0.282 e. The maximum atomic E-state index is 13.4. The van der Waals surface area contributed by atoms with Crippen molar-refractivity contribution < 1.29 is 8.78 Å². The second-order valence-corrected chi connectivity index (χ2v) is 5.15. The highest BCUT2D eigenvalue weighted by molar-refractivity contribution is 9.13. The molecule has 0 saturated carbocycles. The van der Waals surface area contributed by atoms with Crippen molar-refractivity contribution >= 4 is 31.9 Å². The van der Waals surface area contributed by atoms with Crippen molar-refractivity contribution in [2.75, 3.05) is 0 Å². The van der Waals surface area contributed by atoms with E-state index in [1.165, 1.54) is 12.3 Å². The number of nitrogens with zero attached hydrogens (tertiary/aromatic N) is 2. The van der Waals surface area contributed by atoms with Gasteiger partial charge in [-0.3, -0.25) is 4.79 Å². The molecule has 0 fully saturated rings. The van der Waals surface area contributed by atoms with Crippen LogP contribution in [0.25, 0.3) is 0 Å². The Labute approximate surface area is 118 Å². The molecule has 0 spiro atoms. The quantitative estimate of drug-likeness (QED) is 0.803. The Balaban J connectivity index is 2.41. The van der Waals surface area contributed by atoms with Gasteiger partial charge in [-0.05, 0) is 37.9 Å². The predicted molar refractivity (Wildman–Crippen MR) is 69.4 cm³/mol. The van der Waals surface area contributed by atoms with Gasteiger partial charge in [-0.15, -0.1) is 0 Å². The van der Waals surface area contributed by atoms with Gasteiger partial charge >= 0.3 is 0 Å². The molecular weight excluding hydrogens is 374 g/mol. The largest absolute Gasteiger partial charge is 0.282 e. The van der Waals surface area contributed by atoms with E-state index in [1.54, 1.807) is 0 Å². The van der Waals surface area contributed by atoms with E-state index in [-0.39, 0.29) is 12.1 Å². The van der Waals surface area contributed by atoms with Gasteiger partial charge in [0.2, 0.25) is 0 Å². The summed E-state index contributed by atoms with van der Waals surface area (Å²) >= 11 is 6.24. The zero-order valence-electron chi connectivity index (χ0n) is 8.83. The van der Waals surface area contributed by atoms with Crippen LogP contribution in [0.3, 0.4) is 0 Å². The van der Waals surface area contributed by atoms with Crippen LogP contribution in [0, 0.1) is 11.6 Å². The fourth-order valence-electron chi connectivity index (χ4n) is 1.37. The van der Waals surface area contributed by atoms with Crippen molar-refractivity contribution in [1.29, 1.82) is 0 Å². The van der Waals surface area contributed by atoms with Gasteiger partial charge in [0.15, 0.2) is 0 Å². The summed E-state index contributed by atoms with van der Waals surface area (Å²) < 4.78 is 28.1. The molecule has 2 aromatic rings. The van der Waals surface area contributed by atoms with Crippen molar-refractivity contribution in [2.45, 2.75) is 6.54 Å². The van der Waals surface area contributed by atoms with Gasteiger partial charge in [0.1, 0.15) is 16.1 Å². The summed E-state index contributed by atoms with van der Waals surface area (Å²) in [7, 11) is 0. The van der Waals surface area contributed by atoms with Crippen LogP contribution in [0.1, 0.15) is 5.56 Å². The smallest absolute Gasteiger partial charge is 0.266 e. The Bertz CT molecular complexity index is 658. The Morgan fingerprint density at radius 2 is 2.00 bits per heavy atom. The summed E-state index contributed by atoms with van der Waals surface area (Å²) in [6.07, 6.45) is 1.42. The number of aromatic nitrogens is 2. The van der Waals surface area contributed by atoms with Gasteiger partial charge in [0.25, 0.3) is 5.56 Å². The fourth-order valence-corrected chi connectivity index (χ4v) is 1.94. The molecule has 94 valence electrons. The van der Waals surface area contributed by atoms with E-state index in [2.05, 4.69) is 37.0 Å².